The molecule has 2 aromatic rings. The second kappa shape index (κ2) is 15.8. The van der Waals surface area contributed by atoms with Crippen LogP contribution in [0.15, 0.2) is 42.5 Å². The minimum absolute atomic E-state index is 0.0800. The third kappa shape index (κ3) is 10.9. The minimum atomic E-state index is -4.21. The number of carbonyl (C=O) groups is 3. The van der Waals surface area contributed by atoms with E-state index < -0.39 is 42.3 Å². The molecule has 9 N–H and O–H groups in total. The van der Waals surface area contributed by atoms with E-state index in [1.54, 1.807) is 25.1 Å². The zero-order chi connectivity index (χ0) is 32.4. The van der Waals surface area contributed by atoms with Crippen molar-refractivity contribution in [3.05, 3.63) is 59.2 Å². The number of hydrogen-bond acceptors (Lipinski definition) is 8. The number of fused-ring (bicyclic) bond motifs is 1. The van der Waals surface area contributed by atoms with Gasteiger partial charge in [-0.3, -0.25) is 14.4 Å². The molecule has 43 heavy (non-hydrogen) atoms. The smallest absolute Gasteiger partial charge is 0.423 e. The van der Waals surface area contributed by atoms with Gasteiger partial charge in [-0.25, -0.2) is 0 Å². The molecule has 0 aliphatic carbocycles. The fraction of sp³-hybridized carbons (Fsp3) is 0.464. The molecule has 1 aliphatic rings. The van der Waals surface area contributed by atoms with Crippen molar-refractivity contribution >= 4 is 36.0 Å². The van der Waals surface area contributed by atoms with E-state index in [0.29, 0.717) is 37.3 Å². The molecule has 3 rings (SSSR count). The molecule has 0 spiro atoms. The molecule has 15 heteroatoms. The lowest BCUT2D eigenvalue weighted by Crippen LogP contribution is -2.45. The normalized spacial score (nSPS) is 14.2. The van der Waals surface area contributed by atoms with Crippen molar-refractivity contribution in [2.75, 3.05) is 38.0 Å². The standard InChI is InChI=1S/C20H33BN6O5.C8H7F3/c1-20(2)14-4-3-13(11-15(14)21(31)32-20)26-17(28)12-25-19(30)16(24)5-6-18(29)27(9-7-22)10-8-23;1-6-2-4-7(5-3-6)8(9,10)11/h3-4,11,16,31H,5-10,12,22-24H2,1-2H3,(H,25,30)(H,26,28);2-5H,1H3. The first-order valence-corrected chi connectivity index (χ1v) is 13.7. The van der Waals surface area contributed by atoms with E-state index in [0.717, 1.165) is 23.3 Å². The molecule has 0 fully saturated rings. The summed E-state index contributed by atoms with van der Waals surface area (Å²) in [6.07, 6.45) is -4.00. The van der Waals surface area contributed by atoms with Gasteiger partial charge in [0, 0.05) is 38.3 Å². The van der Waals surface area contributed by atoms with Crippen LogP contribution in [-0.2, 0) is 30.8 Å². The van der Waals surface area contributed by atoms with Gasteiger partial charge in [-0.05, 0) is 62.5 Å². The van der Waals surface area contributed by atoms with Gasteiger partial charge < -0.3 is 42.4 Å². The summed E-state index contributed by atoms with van der Waals surface area (Å²) in [5.41, 5.74) is 18.3. The number of anilines is 1. The number of nitrogens with zero attached hydrogens (tertiary/aromatic N) is 1. The van der Waals surface area contributed by atoms with Crippen molar-refractivity contribution in [3.63, 3.8) is 0 Å². The van der Waals surface area contributed by atoms with Gasteiger partial charge in [0.2, 0.25) is 17.7 Å². The molecule has 1 heterocycles. The number of hydrogen-bond donors (Lipinski definition) is 6. The van der Waals surface area contributed by atoms with Crippen LogP contribution in [0.25, 0.3) is 0 Å². The summed E-state index contributed by atoms with van der Waals surface area (Å²) in [7, 11) is -1.07. The second-order valence-electron chi connectivity index (χ2n) is 10.5. The number of amides is 3. The first-order valence-electron chi connectivity index (χ1n) is 13.7. The maximum atomic E-state index is 12.2. The van der Waals surface area contributed by atoms with E-state index >= 15 is 0 Å². The fourth-order valence-electron chi connectivity index (χ4n) is 4.29. The van der Waals surface area contributed by atoms with E-state index in [2.05, 4.69) is 10.6 Å². The number of halogens is 3. The number of nitrogens with one attached hydrogen (secondary N) is 2. The van der Waals surface area contributed by atoms with Crippen molar-refractivity contribution in [1.82, 2.24) is 10.2 Å². The summed E-state index contributed by atoms with van der Waals surface area (Å²) >= 11 is 0. The van der Waals surface area contributed by atoms with Gasteiger partial charge in [-0.1, -0.05) is 23.8 Å². The van der Waals surface area contributed by atoms with Gasteiger partial charge in [-0.2, -0.15) is 13.2 Å². The summed E-state index contributed by atoms with van der Waals surface area (Å²) < 4.78 is 41.3. The van der Waals surface area contributed by atoms with Crippen molar-refractivity contribution < 1.29 is 37.2 Å². The average Bonchev–Trinajstić information content (AvgIpc) is 3.17. The van der Waals surface area contributed by atoms with Gasteiger partial charge in [0.1, 0.15) is 0 Å². The topological polar surface area (TPSA) is 186 Å². The van der Waals surface area contributed by atoms with Crippen LogP contribution in [-0.4, -0.2) is 73.5 Å². The fourth-order valence-corrected chi connectivity index (χ4v) is 4.29. The summed E-state index contributed by atoms with van der Waals surface area (Å²) in [4.78, 5) is 38.1. The molecular weight excluding hydrogens is 568 g/mol. The van der Waals surface area contributed by atoms with Crippen LogP contribution < -0.4 is 33.3 Å². The van der Waals surface area contributed by atoms with Crippen LogP contribution in [0.4, 0.5) is 18.9 Å². The predicted octanol–water partition coefficient (Wildman–Crippen LogP) is 0.561. The predicted molar refractivity (Wildman–Crippen MR) is 158 cm³/mol. The van der Waals surface area contributed by atoms with Crippen LogP contribution in [0.1, 0.15) is 43.4 Å². The maximum absolute atomic E-state index is 12.2. The van der Waals surface area contributed by atoms with Crippen LogP contribution in [0.5, 0.6) is 0 Å². The Morgan fingerprint density at radius 2 is 1.67 bits per heavy atom. The summed E-state index contributed by atoms with van der Waals surface area (Å²) in [6.45, 7) is 6.58. The molecule has 11 nitrogen and oxygen atoms in total. The molecule has 2 aromatic carbocycles. The molecule has 1 aliphatic heterocycles. The van der Waals surface area contributed by atoms with Gasteiger partial charge >= 0.3 is 13.3 Å². The van der Waals surface area contributed by atoms with Crippen LogP contribution in [0, 0.1) is 6.92 Å². The highest BCUT2D eigenvalue weighted by molar-refractivity contribution is 6.62. The van der Waals surface area contributed by atoms with Gasteiger partial charge in [-0.15, -0.1) is 0 Å². The number of benzene rings is 2. The number of carbonyl (C=O) groups excluding carboxylic acids is 3. The molecule has 236 valence electrons. The van der Waals surface area contributed by atoms with Crippen molar-refractivity contribution in [2.45, 2.75) is 51.4 Å². The molecule has 3 amide bonds. The Bertz CT molecular complexity index is 1240. The Balaban J connectivity index is 0.000000490. The third-order valence-electron chi connectivity index (χ3n) is 6.62. The number of rotatable bonds is 11. The van der Waals surface area contributed by atoms with Crippen LogP contribution in [0.2, 0.25) is 0 Å². The van der Waals surface area contributed by atoms with E-state index in [-0.39, 0.29) is 25.3 Å². The first kappa shape index (κ1) is 35.7. The van der Waals surface area contributed by atoms with E-state index in [1.807, 2.05) is 13.8 Å². The van der Waals surface area contributed by atoms with E-state index in [4.69, 9.17) is 21.9 Å². The highest BCUT2D eigenvalue weighted by Crippen LogP contribution is 2.31. The summed E-state index contributed by atoms with van der Waals surface area (Å²) in [5, 5.41) is 15.2. The van der Waals surface area contributed by atoms with E-state index in [9.17, 15) is 32.6 Å². The molecule has 0 aromatic heterocycles. The summed E-state index contributed by atoms with van der Waals surface area (Å²) in [6, 6.07) is 9.24. The molecule has 1 atom stereocenters. The highest BCUT2D eigenvalue weighted by atomic mass is 19.4. The van der Waals surface area contributed by atoms with Crippen molar-refractivity contribution in [3.8, 4) is 0 Å². The van der Waals surface area contributed by atoms with Gasteiger partial charge in [0.15, 0.2) is 0 Å². The third-order valence-corrected chi connectivity index (χ3v) is 6.62. The van der Waals surface area contributed by atoms with Gasteiger partial charge in [0.25, 0.3) is 0 Å². The maximum Gasteiger partial charge on any atom is 0.492 e. The second-order valence-corrected chi connectivity index (χ2v) is 10.5. The molecule has 0 saturated heterocycles. The highest BCUT2D eigenvalue weighted by Gasteiger charge is 2.40. The lowest BCUT2D eigenvalue weighted by molar-refractivity contribution is -0.137. The lowest BCUT2D eigenvalue weighted by Gasteiger charge is -2.22. The van der Waals surface area contributed by atoms with Crippen molar-refractivity contribution in [1.29, 1.82) is 0 Å². The lowest BCUT2D eigenvalue weighted by atomic mass is 9.78. The molecule has 0 radical (unpaired) electrons. The zero-order valence-corrected chi connectivity index (χ0v) is 24.5. The Morgan fingerprint density at radius 1 is 1.07 bits per heavy atom. The Labute approximate surface area is 249 Å². The SMILES string of the molecule is CC1(C)OB(O)c2cc(NC(=O)CNC(=O)C(N)CCC(=O)N(CCN)CCN)ccc21.Cc1ccc(C(F)(F)F)cc1. The number of aryl methyl sites for hydroxylation is 1. The largest absolute Gasteiger partial charge is 0.492 e. The quantitative estimate of drug-likeness (QED) is 0.200. The Morgan fingerprint density at radius 3 is 2.23 bits per heavy atom. The molecule has 0 bridgehead atoms. The average molecular weight is 608 g/mol. The molecule has 1 unspecified atom stereocenters. The molecule has 0 saturated carbocycles. The zero-order valence-electron chi connectivity index (χ0n) is 24.5. The van der Waals surface area contributed by atoms with Crippen molar-refractivity contribution in [2.24, 2.45) is 17.2 Å². The first-order chi connectivity index (χ1) is 20.1. The molecular formula is C28H40BF3N6O5. The monoisotopic (exact) mass is 608 g/mol. The van der Waals surface area contributed by atoms with Crippen LogP contribution in [0.3, 0.4) is 0 Å². The number of alkyl halides is 3. The summed E-state index contributed by atoms with van der Waals surface area (Å²) in [5.74, 6) is -1.16. The van der Waals surface area contributed by atoms with Gasteiger partial charge in [0.05, 0.1) is 23.8 Å². The number of nitrogens with two attached hydrogens (primary N) is 3. The Hall–Kier alpha value is -3.50. The van der Waals surface area contributed by atoms with Crippen LogP contribution >= 0.6 is 0 Å². The minimum Gasteiger partial charge on any atom is -0.423 e. The Kier molecular flexibility index (Phi) is 13.1. The van der Waals surface area contributed by atoms with E-state index in [1.165, 1.54) is 17.0 Å².